The van der Waals surface area contributed by atoms with Crippen molar-refractivity contribution in [1.29, 1.82) is 0 Å². The van der Waals surface area contributed by atoms with Crippen molar-refractivity contribution in [3.05, 3.63) is 0 Å². The van der Waals surface area contributed by atoms with Gasteiger partial charge in [0.1, 0.15) is 0 Å². The first-order chi connectivity index (χ1) is 9.13. The lowest BCUT2D eigenvalue weighted by Crippen LogP contribution is -2.51. The van der Waals surface area contributed by atoms with Crippen LogP contribution < -0.4 is 0 Å². The maximum Gasteiger partial charge on any atom is 0.307 e. The molecule has 2 rings (SSSR count). The van der Waals surface area contributed by atoms with Gasteiger partial charge in [0.2, 0.25) is 5.91 Å². The highest BCUT2D eigenvalue weighted by atomic mass is 16.4. The van der Waals surface area contributed by atoms with Crippen molar-refractivity contribution in [1.82, 2.24) is 9.80 Å². The molecule has 0 aromatic carbocycles. The fraction of sp³-hybridized carbons (Fsp3) is 0.857. The van der Waals surface area contributed by atoms with E-state index in [1.165, 1.54) is 0 Å². The number of aliphatic carboxylic acids is 1. The molecule has 19 heavy (non-hydrogen) atoms. The number of amides is 1. The lowest BCUT2D eigenvalue weighted by Gasteiger charge is -2.38. The van der Waals surface area contributed by atoms with Crippen LogP contribution in [0.1, 0.15) is 32.6 Å². The van der Waals surface area contributed by atoms with E-state index in [1.54, 1.807) is 0 Å². The topological polar surface area (TPSA) is 60.9 Å². The highest BCUT2D eigenvalue weighted by Crippen LogP contribution is 2.32. The molecule has 0 aromatic rings. The highest BCUT2D eigenvalue weighted by molar-refractivity contribution is 5.85. The van der Waals surface area contributed by atoms with Gasteiger partial charge in [0.25, 0.3) is 0 Å². The summed E-state index contributed by atoms with van der Waals surface area (Å²) in [6, 6.07) is 0. The number of likely N-dealkylation sites (N-methyl/N-ethyl adjacent to an activating group) is 1. The van der Waals surface area contributed by atoms with Crippen LogP contribution in [0, 0.1) is 11.8 Å². The third-order valence-corrected chi connectivity index (χ3v) is 4.53. The maximum atomic E-state index is 12.5. The van der Waals surface area contributed by atoms with Gasteiger partial charge in [0, 0.05) is 26.2 Å². The Kier molecular flexibility index (Phi) is 4.80. The molecule has 1 saturated carbocycles. The van der Waals surface area contributed by atoms with Crippen LogP contribution in [-0.4, -0.2) is 59.5 Å². The Balaban J connectivity index is 1.96. The van der Waals surface area contributed by atoms with Gasteiger partial charge in [-0.1, -0.05) is 19.8 Å². The van der Waals surface area contributed by atoms with E-state index in [0.717, 1.165) is 52.0 Å². The Hall–Kier alpha value is -1.10. The smallest absolute Gasteiger partial charge is 0.307 e. The molecule has 1 aliphatic heterocycles. The first-order valence-corrected chi connectivity index (χ1v) is 7.37. The Morgan fingerprint density at radius 2 is 1.63 bits per heavy atom. The molecule has 1 saturated heterocycles. The predicted octanol–water partition coefficient (Wildman–Crippen LogP) is 1.04. The zero-order valence-electron chi connectivity index (χ0n) is 11.7. The van der Waals surface area contributed by atoms with Crippen LogP contribution in [0.15, 0.2) is 0 Å². The molecule has 1 heterocycles. The third-order valence-electron chi connectivity index (χ3n) is 4.53. The lowest BCUT2D eigenvalue weighted by atomic mass is 9.78. The summed E-state index contributed by atoms with van der Waals surface area (Å²) in [5, 5.41) is 9.26. The van der Waals surface area contributed by atoms with Crippen molar-refractivity contribution in [3.8, 4) is 0 Å². The minimum absolute atomic E-state index is 0.0721. The Labute approximate surface area is 114 Å². The van der Waals surface area contributed by atoms with E-state index < -0.39 is 11.9 Å². The van der Waals surface area contributed by atoms with E-state index in [9.17, 15) is 14.7 Å². The molecule has 1 N–H and O–H groups in total. The van der Waals surface area contributed by atoms with E-state index in [-0.39, 0.29) is 11.8 Å². The van der Waals surface area contributed by atoms with E-state index in [4.69, 9.17) is 0 Å². The second-order valence-electron chi connectivity index (χ2n) is 5.60. The SMILES string of the molecule is CCN1CCN(C(=O)C2CCCCC2C(=O)O)CC1. The normalized spacial score (nSPS) is 29.2. The van der Waals surface area contributed by atoms with Gasteiger partial charge in [-0.2, -0.15) is 0 Å². The standard InChI is InChI=1S/C14H24N2O3/c1-2-15-7-9-16(10-8-15)13(17)11-5-3-4-6-12(11)14(18)19/h11-12H,2-10H2,1H3,(H,18,19). The molecule has 0 radical (unpaired) electrons. The van der Waals surface area contributed by atoms with Gasteiger partial charge in [0.05, 0.1) is 11.8 Å². The molecule has 0 aromatic heterocycles. The van der Waals surface area contributed by atoms with Gasteiger partial charge in [-0.3, -0.25) is 9.59 Å². The molecular weight excluding hydrogens is 244 g/mol. The molecule has 0 bridgehead atoms. The molecule has 2 atom stereocenters. The lowest BCUT2D eigenvalue weighted by molar-refractivity contribution is -0.153. The van der Waals surface area contributed by atoms with Gasteiger partial charge < -0.3 is 14.9 Å². The number of carbonyl (C=O) groups excluding carboxylic acids is 1. The summed E-state index contributed by atoms with van der Waals surface area (Å²) in [6.07, 6.45) is 3.31. The summed E-state index contributed by atoms with van der Waals surface area (Å²) in [7, 11) is 0. The van der Waals surface area contributed by atoms with Crippen LogP contribution in [0.2, 0.25) is 0 Å². The number of hydrogen-bond donors (Lipinski definition) is 1. The molecule has 2 fully saturated rings. The third kappa shape index (κ3) is 3.26. The molecular formula is C14H24N2O3. The molecule has 5 nitrogen and oxygen atoms in total. The quantitative estimate of drug-likeness (QED) is 0.831. The van der Waals surface area contributed by atoms with Gasteiger partial charge in [-0.15, -0.1) is 0 Å². The van der Waals surface area contributed by atoms with Crippen LogP contribution in [0.5, 0.6) is 0 Å². The summed E-state index contributed by atoms with van der Waals surface area (Å²) in [5.41, 5.74) is 0. The number of carboxylic acids is 1. The minimum atomic E-state index is -0.801. The average Bonchev–Trinajstić information content (AvgIpc) is 2.46. The highest BCUT2D eigenvalue weighted by Gasteiger charge is 2.38. The summed E-state index contributed by atoms with van der Waals surface area (Å²) in [6.45, 7) is 6.45. The van der Waals surface area contributed by atoms with E-state index in [0.29, 0.717) is 6.42 Å². The van der Waals surface area contributed by atoms with Crippen LogP contribution in [0.25, 0.3) is 0 Å². The van der Waals surface area contributed by atoms with E-state index >= 15 is 0 Å². The number of hydrogen-bond acceptors (Lipinski definition) is 3. The number of rotatable bonds is 3. The summed E-state index contributed by atoms with van der Waals surface area (Å²) in [5.74, 6) is -1.49. The van der Waals surface area contributed by atoms with Crippen molar-refractivity contribution in [2.75, 3.05) is 32.7 Å². The first-order valence-electron chi connectivity index (χ1n) is 7.37. The Morgan fingerprint density at radius 3 is 2.16 bits per heavy atom. The van der Waals surface area contributed by atoms with E-state index in [1.807, 2.05) is 4.90 Å². The summed E-state index contributed by atoms with van der Waals surface area (Å²) >= 11 is 0. The molecule has 2 aliphatic rings. The maximum absolute atomic E-state index is 12.5. The number of piperazine rings is 1. The zero-order valence-corrected chi connectivity index (χ0v) is 11.7. The van der Waals surface area contributed by atoms with Gasteiger partial charge >= 0.3 is 5.97 Å². The molecule has 2 unspecified atom stereocenters. The molecule has 108 valence electrons. The zero-order chi connectivity index (χ0) is 13.8. The second kappa shape index (κ2) is 6.37. The van der Waals surface area contributed by atoms with Gasteiger partial charge in [0.15, 0.2) is 0 Å². The fourth-order valence-corrected chi connectivity index (χ4v) is 3.24. The first kappa shape index (κ1) is 14.3. The number of nitrogens with zero attached hydrogens (tertiary/aromatic N) is 2. The largest absolute Gasteiger partial charge is 0.481 e. The Morgan fingerprint density at radius 1 is 1.05 bits per heavy atom. The molecule has 1 aliphatic carbocycles. The predicted molar refractivity (Wildman–Crippen MR) is 71.8 cm³/mol. The second-order valence-corrected chi connectivity index (χ2v) is 5.60. The van der Waals surface area contributed by atoms with Crippen molar-refractivity contribution in [3.63, 3.8) is 0 Å². The molecule has 1 amide bonds. The Bertz CT molecular complexity index is 338. The van der Waals surface area contributed by atoms with Crippen molar-refractivity contribution < 1.29 is 14.7 Å². The average molecular weight is 268 g/mol. The summed E-state index contributed by atoms with van der Waals surface area (Å²) < 4.78 is 0. The fourth-order valence-electron chi connectivity index (χ4n) is 3.24. The van der Waals surface area contributed by atoms with E-state index in [2.05, 4.69) is 11.8 Å². The number of carboxylic acid groups (broad SMARTS) is 1. The van der Waals surface area contributed by atoms with Crippen LogP contribution in [-0.2, 0) is 9.59 Å². The van der Waals surface area contributed by atoms with Gasteiger partial charge in [-0.25, -0.2) is 0 Å². The van der Waals surface area contributed by atoms with Crippen LogP contribution in [0.3, 0.4) is 0 Å². The van der Waals surface area contributed by atoms with Crippen molar-refractivity contribution >= 4 is 11.9 Å². The molecule has 5 heteroatoms. The van der Waals surface area contributed by atoms with Gasteiger partial charge in [-0.05, 0) is 19.4 Å². The van der Waals surface area contributed by atoms with Crippen molar-refractivity contribution in [2.45, 2.75) is 32.6 Å². The van der Waals surface area contributed by atoms with Crippen LogP contribution in [0.4, 0.5) is 0 Å². The minimum Gasteiger partial charge on any atom is -0.481 e. The summed E-state index contributed by atoms with van der Waals surface area (Å²) in [4.78, 5) is 28.0. The van der Waals surface area contributed by atoms with Crippen molar-refractivity contribution in [2.24, 2.45) is 11.8 Å². The number of carbonyl (C=O) groups is 2. The molecule has 0 spiro atoms. The van der Waals surface area contributed by atoms with Crippen LogP contribution >= 0.6 is 0 Å². The monoisotopic (exact) mass is 268 g/mol.